The molecule has 1 fully saturated rings. The first-order valence-corrected chi connectivity index (χ1v) is 7.08. The van der Waals surface area contributed by atoms with Crippen LogP contribution in [0.1, 0.15) is 0 Å². The molecule has 0 aromatic carbocycles. The molecule has 1 saturated heterocycles. The fourth-order valence-electron chi connectivity index (χ4n) is 1.45. The van der Waals surface area contributed by atoms with Gasteiger partial charge in [0.15, 0.2) is 0 Å². The number of rotatable bonds is 6. The van der Waals surface area contributed by atoms with Crippen LogP contribution in [0.2, 0.25) is 0 Å². The van der Waals surface area contributed by atoms with Gasteiger partial charge >= 0.3 is 0 Å². The predicted octanol–water partition coefficient (Wildman–Crippen LogP) is -1.93. The summed E-state index contributed by atoms with van der Waals surface area (Å²) < 4.78 is 29.9. The molecular weight excluding hydrogens is 246 g/mol. The second-order valence-electron chi connectivity index (χ2n) is 3.87. The second kappa shape index (κ2) is 6.29. The van der Waals surface area contributed by atoms with Crippen LogP contribution >= 0.6 is 0 Å². The Morgan fingerprint density at radius 2 is 2.06 bits per heavy atom. The van der Waals surface area contributed by atoms with Crippen molar-refractivity contribution < 1.29 is 17.9 Å². The van der Waals surface area contributed by atoms with E-state index in [0.29, 0.717) is 26.2 Å². The molecule has 0 saturated carbocycles. The maximum absolute atomic E-state index is 11.8. The van der Waals surface area contributed by atoms with Crippen LogP contribution in [0, 0.1) is 0 Å². The number of hydrogen-bond donors (Lipinski definition) is 1. The van der Waals surface area contributed by atoms with E-state index in [0.717, 1.165) is 0 Å². The molecule has 17 heavy (non-hydrogen) atoms. The average molecular weight is 265 g/mol. The molecule has 1 aliphatic heterocycles. The first kappa shape index (κ1) is 14.4. The highest BCUT2D eigenvalue weighted by molar-refractivity contribution is 7.89. The zero-order chi connectivity index (χ0) is 12.9. The summed E-state index contributed by atoms with van der Waals surface area (Å²) in [7, 11) is -1.74. The number of nitrogens with two attached hydrogens (primary N) is 1. The molecule has 1 amide bonds. The van der Waals surface area contributed by atoms with E-state index in [1.165, 1.54) is 9.21 Å². The minimum absolute atomic E-state index is 0.0737. The third-order valence-corrected chi connectivity index (χ3v) is 4.34. The number of sulfonamides is 1. The van der Waals surface area contributed by atoms with Crippen LogP contribution in [0.3, 0.4) is 0 Å². The highest BCUT2D eigenvalue weighted by atomic mass is 32.2. The average Bonchev–Trinajstić information content (AvgIpc) is 2.28. The van der Waals surface area contributed by atoms with Gasteiger partial charge < -0.3 is 15.4 Å². The number of hydrogen-bond acceptors (Lipinski definition) is 5. The number of piperazine rings is 1. The Hall–Kier alpha value is -0.700. The number of nitrogens with zero attached hydrogens (tertiary/aromatic N) is 2. The summed E-state index contributed by atoms with van der Waals surface area (Å²) >= 11 is 0. The van der Waals surface area contributed by atoms with E-state index >= 15 is 0 Å². The van der Waals surface area contributed by atoms with Gasteiger partial charge in [0.25, 0.3) is 0 Å². The Bertz CT molecular complexity index is 357. The highest BCUT2D eigenvalue weighted by Crippen LogP contribution is 2.07. The zero-order valence-electron chi connectivity index (χ0n) is 9.96. The fraction of sp³-hybridized carbons (Fsp3) is 0.889. The molecule has 0 aromatic rings. The largest absolute Gasteiger partial charge is 0.379 e. The van der Waals surface area contributed by atoms with E-state index in [1.807, 2.05) is 0 Å². The van der Waals surface area contributed by atoms with Crippen molar-refractivity contribution in [3.8, 4) is 0 Å². The molecule has 0 aromatic heterocycles. The van der Waals surface area contributed by atoms with Gasteiger partial charge in [-0.2, -0.15) is 4.31 Å². The molecule has 2 N–H and O–H groups in total. The third kappa shape index (κ3) is 4.23. The number of carbonyl (C=O) groups excluding carboxylic acids is 1. The van der Waals surface area contributed by atoms with Gasteiger partial charge in [-0.25, -0.2) is 8.42 Å². The van der Waals surface area contributed by atoms with Gasteiger partial charge in [-0.05, 0) is 0 Å². The first-order chi connectivity index (χ1) is 7.97. The molecule has 0 atom stereocenters. The molecule has 0 radical (unpaired) electrons. The summed E-state index contributed by atoms with van der Waals surface area (Å²) in [5, 5.41) is 0. The van der Waals surface area contributed by atoms with Crippen molar-refractivity contribution in [2.45, 2.75) is 0 Å². The van der Waals surface area contributed by atoms with Gasteiger partial charge in [-0.15, -0.1) is 0 Å². The molecule has 0 spiro atoms. The van der Waals surface area contributed by atoms with Gasteiger partial charge in [-0.1, -0.05) is 0 Å². The van der Waals surface area contributed by atoms with E-state index in [4.69, 9.17) is 10.5 Å². The SMILES string of the molecule is CN1CCN(S(=O)(=O)CCOCCN)CC1=O. The smallest absolute Gasteiger partial charge is 0.237 e. The van der Waals surface area contributed by atoms with Gasteiger partial charge in [0.2, 0.25) is 15.9 Å². The van der Waals surface area contributed by atoms with Crippen molar-refractivity contribution in [2.75, 3.05) is 52.2 Å². The number of amides is 1. The maximum Gasteiger partial charge on any atom is 0.237 e. The molecule has 1 rings (SSSR count). The van der Waals surface area contributed by atoms with Crippen molar-refractivity contribution in [3.63, 3.8) is 0 Å². The van der Waals surface area contributed by atoms with Gasteiger partial charge in [0.1, 0.15) is 0 Å². The quantitative estimate of drug-likeness (QED) is 0.564. The van der Waals surface area contributed by atoms with E-state index in [-0.39, 0.29) is 24.8 Å². The third-order valence-electron chi connectivity index (χ3n) is 2.56. The van der Waals surface area contributed by atoms with Gasteiger partial charge in [-0.3, -0.25) is 4.79 Å². The van der Waals surface area contributed by atoms with Crippen LogP contribution in [0.15, 0.2) is 0 Å². The normalized spacial score (nSPS) is 18.7. The molecule has 100 valence electrons. The molecule has 0 unspecified atom stereocenters. The fourth-order valence-corrected chi connectivity index (χ4v) is 2.71. The summed E-state index contributed by atoms with van der Waals surface area (Å²) in [6.45, 7) is 1.53. The molecule has 7 nitrogen and oxygen atoms in total. The summed E-state index contributed by atoms with van der Waals surface area (Å²) in [5.41, 5.74) is 5.22. The zero-order valence-corrected chi connectivity index (χ0v) is 10.8. The second-order valence-corrected chi connectivity index (χ2v) is 5.95. The summed E-state index contributed by atoms with van der Waals surface area (Å²) in [4.78, 5) is 12.9. The summed E-state index contributed by atoms with van der Waals surface area (Å²) in [6, 6.07) is 0. The lowest BCUT2D eigenvalue weighted by atomic mass is 10.4. The van der Waals surface area contributed by atoms with Crippen molar-refractivity contribution in [3.05, 3.63) is 0 Å². The van der Waals surface area contributed by atoms with Crippen LogP contribution in [-0.4, -0.2) is 75.7 Å². The summed E-state index contributed by atoms with van der Waals surface area (Å²) in [5.74, 6) is -0.285. The number of ether oxygens (including phenoxy) is 1. The predicted molar refractivity (Wildman–Crippen MR) is 62.9 cm³/mol. The van der Waals surface area contributed by atoms with Crippen LogP contribution in [-0.2, 0) is 19.6 Å². The highest BCUT2D eigenvalue weighted by Gasteiger charge is 2.29. The van der Waals surface area contributed by atoms with Gasteiger partial charge in [0, 0.05) is 26.7 Å². The van der Waals surface area contributed by atoms with Crippen molar-refractivity contribution in [2.24, 2.45) is 5.73 Å². The van der Waals surface area contributed by atoms with E-state index in [9.17, 15) is 13.2 Å². The Kier molecular flexibility index (Phi) is 5.31. The standard InChI is InChI=1S/C9H19N3O4S/c1-11-3-4-12(8-9(11)13)17(14,15)7-6-16-5-2-10/h2-8,10H2,1H3. The van der Waals surface area contributed by atoms with E-state index in [2.05, 4.69) is 0 Å². The minimum Gasteiger partial charge on any atom is -0.379 e. The molecule has 1 heterocycles. The lowest BCUT2D eigenvalue weighted by Gasteiger charge is -2.31. The molecule has 8 heteroatoms. The first-order valence-electron chi connectivity index (χ1n) is 5.47. The topological polar surface area (TPSA) is 92.9 Å². The van der Waals surface area contributed by atoms with E-state index in [1.54, 1.807) is 7.05 Å². The Morgan fingerprint density at radius 1 is 1.35 bits per heavy atom. The van der Waals surface area contributed by atoms with Crippen LogP contribution < -0.4 is 5.73 Å². The lowest BCUT2D eigenvalue weighted by Crippen LogP contribution is -2.51. The monoisotopic (exact) mass is 265 g/mol. The molecule has 0 aliphatic carbocycles. The maximum atomic E-state index is 11.8. The van der Waals surface area contributed by atoms with Crippen LogP contribution in [0.4, 0.5) is 0 Å². The Labute approximate surface area is 102 Å². The van der Waals surface area contributed by atoms with Crippen molar-refractivity contribution >= 4 is 15.9 Å². The van der Waals surface area contributed by atoms with Crippen LogP contribution in [0.5, 0.6) is 0 Å². The summed E-state index contributed by atoms with van der Waals surface area (Å²) in [6.07, 6.45) is 0. The number of likely N-dealkylation sites (N-methyl/N-ethyl adjacent to an activating group) is 1. The molecule has 0 bridgehead atoms. The molecule has 1 aliphatic rings. The number of carbonyl (C=O) groups is 1. The Balaban J connectivity index is 2.45. The van der Waals surface area contributed by atoms with Gasteiger partial charge in [0.05, 0.1) is 25.5 Å². The van der Waals surface area contributed by atoms with Crippen molar-refractivity contribution in [1.29, 1.82) is 0 Å². The lowest BCUT2D eigenvalue weighted by molar-refractivity contribution is -0.132. The minimum atomic E-state index is -3.40. The van der Waals surface area contributed by atoms with Crippen molar-refractivity contribution in [1.82, 2.24) is 9.21 Å². The Morgan fingerprint density at radius 3 is 2.65 bits per heavy atom. The molecular formula is C9H19N3O4S. The van der Waals surface area contributed by atoms with E-state index < -0.39 is 10.0 Å². The van der Waals surface area contributed by atoms with Crippen LogP contribution in [0.25, 0.3) is 0 Å².